The number of rotatable bonds is 5. The third-order valence-electron chi connectivity index (χ3n) is 5.78. The SMILES string of the molecule is CC1CCC(CC2(CNC3CC3)CC3CC3C2)O1. The van der Waals surface area contributed by atoms with Gasteiger partial charge in [-0.05, 0) is 75.5 Å². The monoisotopic (exact) mass is 249 g/mol. The molecule has 4 unspecified atom stereocenters. The van der Waals surface area contributed by atoms with Crippen LogP contribution in [0.15, 0.2) is 0 Å². The van der Waals surface area contributed by atoms with Gasteiger partial charge in [0, 0.05) is 12.6 Å². The van der Waals surface area contributed by atoms with Gasteiger partial charge in [-0.1, -0.05) is 0 Å². The lowest BCUT2D eigenvalue weighted by molar-refractivity contribution is 0.0194. The van der Waals surface area contributed by atoms with Crippen molar-refractivity contribution in [2.45, 2.75) is 76.5 Å². The summed E-state index contributed by atoms with van der Waals surface area (Å²) in [5.41, 5.74) is 0.602. The quantitative estimate of drug-likeness (QED) is 0.808. The topological polar surface area (TPSA) is 21.3 Å². The summed E-state index contributed by atoms with van der Waals surface area (Å²) in [5, 5.41) is 3.81. The molecule has 0 bridgehead atoms. The fourth-order valence-electron chi connectivity index (χ4n) is 4.56. The molecule has 102 valence electrons. The molecule has 3 saturated carbocycles. The van der Waals surface area contributed by atoms with Gasteiger partial charge < -0.3 is 10.1 Å². The van der Waals surface area contributed by atoms with E-state index in [0.29, 0.717) is 17.6 Å². The predicted molar refractivity (Wildman–Crippen MR) is 72.5 cm³/mol. The Morgan fingerprint density at radius 3 is 2.50 bits per heavy atom. The van der Waals surface area contributed by atoms with Gasteiger partial charge in [0.05, 0.1) is 12.2 Å². The average molecular weight is 249 g/mol. The van der Waals surface area contributed by atoms with Crippen LogP contribution in [0.2, 0.25) is 0 Å². The molecule has 3 aliphatic carbocycles. The first kappa shape index (κ1) is 11.7. The first-order valence-corrected chi connectivity index (χ1v) is 8.11. The zero-order valence-electron chi connectivity index (χ0n) is 11.7. The standard InChI is InChI=1S/C16H27NO/c1-11-2-5-15(18-11)9-16(10-17-14-3-4-14)7-12-6-13(12)8-16/h11-15,17H,2-10H2,1H3. The maximum atomic E-state index is 6.09. The van der Waals surface area contributed by atoms with E-state index in [1.165, 1.54) is 57.9 Å². The van der Waals surface area contributed by atoms with Crippen LogP contribution in [0.1, 0.15) is 58.3 Å². The first-order chi connectivity index (χ1) is 8.72. The van der Waals surface area contributed by atoms with Gasteiger partial charge in [0.1, 0.15) is 0 Å². The van der Waals surface area contributed by atoms with Gasteiger partial charge in [-0.3, -0.25) is 0 Å². The Labute approximate surface area is 111 Å². The summed E-state index contributed by atoms with van der Waals surface area (Å²) in [4.78, 5) is 0. The van der Waals surface area contributed by atoms with E-state index in [9.17, 15) is 0 Å². The van der Waals surface area contributed by atoms with Crippen LogP contribution in [0.25, 0.3) is 0 Å². The zero-order valence-corrected chi connectivity index (χ0v) is 11.7. The molecule has 4 fully saturated rings. The summed E-state index contributed by atoms with van der Waals surface area (Å²) in [6, 6.07) is 0.863. The Kier molecular flexibility index (Phi) is 2.74. The van der Waals surface area contributed by atoms with Crippen molar-refractivity contribution in [3.8, 4) is 0 Å². The van der Waals surface area contributed by atoms with Gasteiger partial charge in [0.25, 0.3) is 0 Å². The van der Waals surface area contributed by atoms with E-state index < -0.39 is 0 Å². The highest BCUT2D eigenvalue weighted by Gasteiger charge is 2.54. The van der Waals surface area contributed by atoms with Crippen LogP contribution >= 0.6 is 0 Å². The van der Waals surface area contributed by atoms with E-state index >= 15 is 0 Å². The molecule has 4 atom stereocenters. The largest absolute Gasteiger partial charge is 0.375 e. The van der Waals surface area contributed by atoms with Gasteiger partial charge in [0.15, 0.2) is 0 Å². The van der Waals surface area contributed by atoms with Crippen molar-refractivity contribution in [1.29, 1.82) is 0 Å². The second-order valence-corrected chi connectivity index (χ2v) is 7.67. The van der Waals surface area contributed by atoms with Crippen LogP contribution in [0.4, 0.5) is 0 Å². The van der Waals surface area contributed by atoms with Crippen molar-refractivity contribution in [1.82, 2.24) is 5.32 Å². The van der Waals surface area contributed by atoms with Gasteiger partial charge in [-0.25, -0.2) is 0 Å². The molecule has 2 heteroatoms. The maximum Gasteiger partial charge on any atom is 0.0585 e. The highest BCUT2D eigenvalue weighted by atomic mass is 16.5. The van der Waals surface area contributed by atoms with Crippen molar-refractivity contribution in [3.05, 3.63) is 0 Å². The lowest BCUT2D eigenvalue weighted by Gasteiger charge is -2.34. The molecule has 4 rings (SSSR count). The molecule has 0 spiro atoms. The zero-order chi connectivity index (χ0) is 12.2. The van der Waals surface area contributed by atoms with E-state index in [-0.39, 0.29) is 0 Å². The van der Waals surface area contributed by atoms with Crippen molar-refractivity contribution < 1.29 is 4.74 Å². The fourth-order valence-corrected chi connectivity index (χ4v) is 4.56. The molecule has 18 heavy (non-hydrogen) atoms. The molecule has 0 aromatic carbocycles. The Hall–Kier alpha value is -0.0800. The van der Waals surface area contributed by atoms with Crippen molar-refractivity contribution in [2.75, 3.05) is 6.54 Å². The predicted octanol–water partition coefficient (Wildman–Crippen LogP) is 3.11. The molecule has 4 aliphatic rings. The lowest BCUT2D eigenvalue weighted by atomic mass is 9.77. The Balaban J connectivity index is 1.38. The average Bonchev–Trinajstić information content (AvgIpc) is 3.23. The second-order valence-electron chi connectivity index (χ2n) is 7.67. The summed E-state index contributed by atoms with van der Waals surface area (Å²) >= 11 is 0. The van der Waals surface area contributed by atoms with Crippen LogP contribution in [0.5, 0.6) is 0 Å². The first-order valence-electron chi connectivity index (χ1n) is 8.11. The third kappa shape index (κ3) is 2.34. The van der Waals surface area contributed by atoms with E-state index in [1.807, 2.05) is 0 Å². The molecule has 1 N–H and O–H groups in total. The highest BCUT2D eigenvalue weighted by molar-refractivity contribution is 5.05. The van der Waals surface area contributed by atoms with Crippen LogP contribution in [-0.4, -0.2) is 24.8 Å². The van der Waals surface area contributed by atoms with Gasteiger partial charge in [0.2, 0.25) is 0 Å². The minimum Gasteiger partial charge on any atom is -0.375 e. The van der Waals surface area contributed by atoms with E-state index in [4.69, 9.17) is 4.74 Å². The molecule has 0 amide bonds. The summed E-state index contributed by atoms with van der Waals surface area (Å²) in [6.07, 6.45) is 12.4. The van der Waals surface area contributed by atoms with Crippen LogP contribution < -0.4 is 5.32 Å². The van der Waals surface area contributed by atoms with Crippen LogP contribution in [0.3, 0.4) is 0 Å². The molecular weight excluding hydrogens is 222 g/mol. The normalized spacial score (nSPS) is 50.5. The van der Waals surface area contributed by atoms with Gasteiger partial charge in [-0.15, -0.1) is 0 Å². The number of nitrogens with one attached hydrogen (secondary N) is 1. The minimum atomic E-state index is 0.513. The fraction of sp³-hybridized carbons (Fsp3) is 1.00. The molecule has 1 aliphatic heterocycles. The van der Waals surface area contributed by atoms with E-state index in [0.717, 1.165) is 17.9 Å². The van der Waals surface area contributed by atoms with E-state index in [2.05, 4.69) is 12.2 Å². The van der Waals surface area contributed by atoms with E-state index in [1.54, 1.807) is 0 Å². The number of hydrogen-bond acceptors (Lipinski definition) is 2. The number of fused-ring (bicyclic) bond motifs is 1. The molecule has 0 radical (unpaired) electrons. The van der Waals surface area contributed by atoms with Crippen LogP contribution in [0, 0.1) is 17.3 Å². The summed E-state index contributed by atoms with van der Waals surface area (Å²) < 4.78 is 6.09. The molecule has 2 nitrogen and oxygen atoms in total. The lowest BCUT2D eigenvalue weighted by Crippen LogP contribution is -2.37. The Morgan fingerprint density at radius 1 is 1.11 bits per heavy atom. The van der Waals surface area contributed by atoms with Crippen molar-refractivity contribution in [3.63, 3.8) is 0 Å². The number of ether oxygens (including phenoxy) is 1. The number of hydrogen-bond donors (Lipinski definition) is 1. The maximum absolute atomic E-state index is 6.09. The Morgan fingerprint density at radius 2 is 1.89 bits per heavy atom. The van der Waals surface area contributed by atoms with Gasteiger partial charge >= 0.3 is 0 Å². The molecule has 1 saturated heterocycles. The summed E-state index contributed by atoms with van der Waals surface area (Å²) in [7, 11) is 0. The van der Waals surface area contributed by atoms with Gasteiger partial charge in [-0.2, -0.15) is 0 Å². The van der Waals surface area contributed by atoms with Crippen molar-refractivity contribution >= 4 is 0 Å². The molecular formula is C16H27NO. The molecule has 0 aromatic heterocycles. The second kappa shape index (κ2) is 4.21. The van der Waals surface area contributed by atoms with Crippen LogP contribution in [-0.2, 0) is 4.74 Å². The third-order valence-corrected chi connectivity index (χ3v) is 5.78. The smallest absolute Gasteiger partial charge is 0.0585 e. The Bertz CT molecular complexity index is 315. The molecule has 0 aromatic rings. The van der Waals surface area contributed by atoms with Crippen molar-refractivity contribution in [2.24, 2.45) is 17.3 Å². The summed E-state index contributed by atoms with van der Waals surface area (Å²) in [6.45, 7) is 3.51. The minimum absolute atomic E-state index is 0.513. The molecule has 1 heterocycles. The summed E-state index contributed by atoms with van der Waals surface area (Å²) in [5.74, 6) is 2.18. The highest BCUT2D eigenvalue weighted by Crippen LogP contribution is 2.61.